The molecule has 4 aromatic rings. The van der Waals surface area contributed by atoms with Gasteiger partial charge in [-0.15, -0.1) is 0 Å². The Kier molecular flexibility index (Phi) is 5.40. The summed E-state index contributed by atoms with van der Waals surface area (Å²) in [6, 6.07) is 6.58. The van der Waals surface area contributed by atoms with Crippen LogP contribution in [0.3, 0.4) is 0 Å². The summed E-state index contributed by atoms with van der Waals surface area (Å²) in [6.45, 7) is 0. The average molecular weight is 430 g/mol. The zero-order chi connectivity index (χ0) is 21.3. The first kappa shape index (κ1) is 19.9. The molecule has 0 fully saturated rings. The van der Waals surface area contributed by atoms with E-state index < -0.39 is 17.5 Å². The molecule has 1 amide bonds. The molecule has 0 bridgehead atoms. The lowest BCUT2D eigenvalue weighted by molar-refractivity contribution is -0.113. The molecule has 0 radical (unpaired) electrons. The molecule has 0 aliphatic heterocycles. The second-order valence-corrected chi connectivity index (χ2v) is 7.21. The highest BCUT2D eigenvalue weighted by Crippen LogP contribution is 2.36. The first-order chi connectivity index (χ1) is 14.5. The molecule has 0 spiro atoms. The Labute approximate surface area is 173 Å². The van der Waals surface area contributed by atoms with Gasteiger partial charge < -0.3 is 19.8 Å². The number of thioether (sulfide) groups is 1. The summed E-state index contributed by atoms with van der Waals surface area (Å²) in [5, 5.41) is 3.81. The van der Waals surface area contributed by atoms with Gasteiger partial charge in [-0.2, -0.15) is 0 Å². The Bertz CT molecular complexity index is 1260. The number of rotatable bonds is 6. The molecule has 0 aliphatic carbocycles. The van der Waals surface area contributed by atoms with Gasteiger partial charge >= 0.3 is 0 Å². The number of hydrogen-bond donors (Lipinski definition) is 2. The van der Waals surface area contributed by atoms with Gasteiger partial charge in [-0.3, -0.25) is 4.79 Å². The third-order valence-electron chi connectivity index (χ3n) is 4.40. The third kappa shape index (κ3) is 3.73. The fourth-order valence-corrected chi connectivity index (χ4v) is 3.77. The molecule has 4 rings (SSSR count). The van der Waals surface area contributed by atoms with Gasteiger partial charge in [0.25, 0.3) is 0 Å². The topological polar surface area (TPSA) is 89.1 Å². The van der Waals surface area contributed by atoms with E-state index in [2.05, 4.69) is 20.3 Å². The third-order valence-corrected chi connectivity index (χ3v) is 5.39. The lowest BCUT2D eigenvalue weighted by Crippen LogP contribution is -2.15. The number of anilines is 1. The maximum atomic E-state index is 13.7. The Hall–Kier alpha value is -3.40. The summed E-state index contributed by atoms with van der Waals surface area (Å²) < 4.78 is 37.4. The van der Waals surface area contributed by atoms with Crippen LogP contribution in [0.4, 0.5) is 14.5 Å². The van der Waals surface area contributed by atoms with E-state index in [1.165, 1.54) is 24.2 Å². The van der Waals surface area contributed by atoms with Crippen molar-refractivity contribution < 1.29 is 23.0 Å². The van der Waals surface area contributed by atoms with Crippen LogP contribution < -0.4 is 14.8 Å². The lowest BCUT2D eigenvalue weighted by atomic mass is 10.2. The summed E-state index contributed by atoms with van der Waals surface area (Å²) in [4.78, 5) is 24.1. The fourth-order valence-electron chi connectivity index (χ4n) is 3.02. The number of methoxy groups -OCH3 is 2. The van der Waals surface area contributed by atoms with Crippen molar-refractivity contribution in [2.24, 2.45) is 0 Å². The molecular weight excluding hydrogens is 414 g/mol. The Balaban J connectivity index is 1.59. The first-order valence-corrected chi connectivity index (χ1v) is 9.75. The van der Waals surface area contributed by atoms with E-state index in [1.807, 2.05) is 6.07 Å². The molecule has 30 heavy (non-hydrogen) atoms. The molecule has 2 aromatic heterocycles. The molecule has 0 aliphatic rings. The predicted molar refractivity (Wildman–Crippen MR) is 110 cm³/mol. The zero-order valence-corrected chi connectivity index (χ0v) is 16.8. The molecule has 0 atom stereocenters. The highest BCUT2D eigenvalue weighted by atomic mass is 32.2. The van der Waals surface area contributed by atoms with Crippen LogP contribution in [0.25, 0.3) is 21.9 Å². The Morgan fingerprint density at radius 2 is 1.90 bits per heavy atom. The highest BCUT2D eigenvalue weighted by Gasteiger charge is 2.16. The van der Waals surface area contributed by atoms with E-state index in [0.717, 1.165) is 17.0 Å². The van der Waals surface area contributed by atoms with Crippen molar-refractivity contribution in [2.45, 2.75) is 5.03 Å². The normalized spacial score (nSPS) is 11.1. The Morgan fingerprint density at radius 3 is 2.63 bits per heavy atom. The number of fused-ring (bicyclic) bond motifs is 3. The number of aromatic nitrogens is 3. The van der Waals surface area contributed by atoms with Crippen LogP contribution in [0.1, 0.15) is 0 Å². The van der Waals surface area contributed by atoms with Crippen molar-refractivity contribution in [1.29, 1.82) is 0 Å². The zero-order valence-electron chi connectivity index (χ0n) is 16.0. The van der Waals surface area contributed by atoms with Crippen molar-refractivity contribution in [3.8, 4) is 11.5 Å². The molecule has 2 aromatic carbocycles. The minimum absolute atomic E-state index is 0.0229. The van der Waals surface area contributed by atoms with Crippen molar-refractivity contribution in [2.75, 3.05) is 25.3 Å². The number of amides is 1. The fraction of sp³-hybridized carbons (Fsp3) is 0.150. The molecular formula is C20H16F2N4O3S. The number of benzene rings is 2. The summed E-state index contributed by atoms with van der Waals surface area (Å²) >= 11 is 1.17. The molecule has 2 heterocycles. The minimum atomic E-state index is -0.837. The number of aromatic amines is 1. The van der Waals surface area contributed by atoms with Gasteiger partial charge in [-0.25, -0.2) is 18.7 Å². The van der Waals surface area contributed by atoms with Gasteiger partial charge in [-0.1, -0.05) is 11.8 Å². The second-order valence-electron chi connectivity index (χ2n) is 6.24. The molecule has 2 N–H and O–H groups in total. The molecule has 10 heteroatoms. The van der Waals surface area contributed by atoms with Crippen molar-refractivity contribution >= 4 is 45.3 Å². The van der Waals surface area contributed by atoms with Gasteiger partial charge in [0.15, 0.2) is 11.5 Å². The SMILES string of the molecule is COc1cc2[nH]c3c(SCC(=O)Nc4ccc(F)cc4F)ncnc3c2cc1OC. The second kappa shape index (κ2) is 8.15. The monoisotopic (exact) mass is 430 g/mol. The van der Waals surface area contributed by atoms with Crippen LogP contribution in [0.5, 0.6) is 11.5 Å². The van der Waals surface area contributed by atoms with Gasteiger partial charge in [0, 0.05) is 17.5 Å². The molecule has 7 nitrogen and oxygen atoms in total. The average Bonchev–Trinajstić information content (AvgIpc) is 3.11. The minimum Gasteiger partial charge on any atom is -0.493 e. The van der Waals surface area contributed by atoms with Crippen LogP contribution >= 0.6 is 11.8 Å². The van der Waals surface area contributed by atoms with Crippen LogP contribution in [0.2, 0.25) is 0 Å². The van der Waals surface area contributed by atoms with E-state index in [9.17, 15) is 13.6 Å². The lowest BCUT2D eigenvalue weighted by Gasteiger charge is -2.06. The number of carbonyl (C=O) groups excluding carboxylic acids is 1. The van der Waals surface area contributed by atoms with Crippen molar-refractivity contribution in [3.63, 3.8) is 0 Å². The number of ether oxygens (including phenoxy) is 2. The number of nitrogens with zero attached hydrogens (tertiary/aromatic N) is 2. The number of halogens is 2. The molecule has 154 valence electrons. The van der Waals surface area contributed by atoms with Crippen molar-refractivity contribution in [1.82, 2.24) is 15.0 Å². The van der Waals surface area contributed by atoms with Crippen molar-refractivity contribution in [3.05, 3.63) is 48.3 Å². The first-order valence-electron chi connectivity index (χ1n) is 8.76. The van der Waals surface area contributed by atoms with Crippen LogP contribution in [-0.2, 0) is 4.79 Å². The van der Waals surface area contributed by atoms with Gasteiger partial charge in [0.2, 0.25) is 5.91 Å². The number of nitrogens with one attached hydrogen (secondary N) is 2. The summed E-state index contributed by atoms with van der Waals surface area (Å²) in [6.07, 6.45) is 1.41. The number of carbonyl (C=O) groups is 1. The van der Waals surface area contributed by atoms with E-state index in [1.54, 1.807) is 20.3 Å². The predicted octanol–water partition coefficient (Wildman–Crippen LogP) is 4.14. The van der Waals surface area contributed by atoms with E-state index in [-0.39, 0.29) is 11.4 Å². The molecule has 0 unspecified atom stereocenters. The van der Waals surface area contributed by atoms with Gasteiger partial charge in [0.1, 0.15) is 28.5 Å². The quantitative estimate of drug-likeness (QED) is 0.353. The molecule has 0 saturated heterocycles. The largest absolute Gasteiger partial charge is 0.493 e. The maximum Gasteiger partial charge on any atom is 0.234 e. The van der Waals surface area contributed by atoms with E-state index >= 15 is 0 Å². The van der Waals surface area contributed by atoms with Gasteiger partial charge in [-0.05, 0) is 18.2 Å². The summed E-state index contributed by atoms with van der Waals surface area (Å²) in [5.74, 6) is -0.882. The maximum absolute atomic E-state index is 13.7. The van der Waals surface area contributed by atoms with Gasteiger partial charge in [0.05, 0.1) is 36.7 Å². The summed E-state index contributed by atoms with van der Waals surface area (Å²) in [5.41, 5.74) is 2.03. The smallest absolute Gasteiger partial charge is 0.234 e. The van der Waals surface area contributed by atoms with E-state index in [4.69, 9.17) is 9.47 Å². The Morgan fingerprint density at radius 1 is 1.13 bits per heavy atom. The van der Waals surface area contributed by atoms with Crippen LogP contribution in [-0.4, -0.2) is 40.8 Å². The number of H-pyrrole nitrogens is 1. The molecule has 0 saturated carbocycles. The van der Waals surface area contributed by atoms with Crippen LogP contribution in [0.15, 0.2) is 41.7 Å². The number of hydrogen-bond acceptors (Lipinski definition) is 6. The standard InChI is InChI=1S/C20H16F2N4O3S/c1-28-15-6-11-14(7-16(15)29-2)26-19-18(11)23-9-24-20(19)30-8-17(27)25-13-4-3-10(21)5-12(13)22/h3-7,9,26H,8H2,1-2H3,(H,25,27). The highest BCUT2D eigenvalue weighted by molar-refractivity contribution is 8.00. The van der Waals surface area contributed by atoms with E-state index in [0.29, 0.717) is 33.6 Å². The van der Waals surface area contributed by atoms with Crippen LogP contribution in [0, 0.1) is 11.6 Å². The summed E-state index contributed by atoms with van der Waals surface area (Å²) in [7, 11) is 3.10.